The minimum absolute atomic E-state index is 0.000140. The lowest BCUT2D eigenvalue weighted by molar-refractivity contribution is -0.125. The van der Waals surface area contributed by atoms with Gasteiger partial charge in [0.25, 0.3) is 0 Å². The number of nitrogens with one attached hydrogen (secondary N) is 1. The van der Waals surface area contributed by atoms with E-state index in [9.17, 15) is 9.59 Å². The molecule has 34 heavy (non-hydrogen) atoms. The molecule has 2 unspecified atom stereocenters. The van der Waals surface area contributed by atoms with Gasteiger partial charge in [-0.3, -0.25) is 14.6 Å². The second-order valence-corrected chi connectivity index (χ2v) is 8.67. The van der Waals surface area contributed by atoms with Crippen LogP contribution < -0.4 is 19.9 Å². The summed E-state index contributed by atoms with van der Waals surface area (Å²) >= 11 is 0. The average Bonchev–Trinajstić information content (AvgIpc) is 3.25. The minimum Gasteiger partial charge on any atom is -0.457 e. The van der Waals surface area contributed by atoms with Crippen molar-refractivity contribution in [3.63, 3.8) is 0 Å². The fourth-order valence-electron chi connectivity index (χ4n) is 4.55. The zero-order valence-electron chi connectivity index (χ0n) is 18.8. The van der Waals surface area contributed by atoms with Crippen LogP contribution in [0.25, 0.3) is 0 Å². The van der Waals surface area contributed by atoms with Gasteiger partial charge in [0.15, 0.2) is 0 Å². The van der Waals surface area contributed by atoms with Gasteiger partial charge < -0.3 is 19.9 Å². The van der Waals surface area contributed by atoms with Crippen molar-refractivity contribution in [3.8, 4) is 11.5 Å². The number of anilines is 2. The number of para-hydroxylation sites is 1. The molecule has 1 N–H and O–H groups in total. The summed E-state index contributed by atoms with van der Waals surface area (Å²) in [4.78, 5) is 38.0. The highest BCUT2D eigenvalue weighted by molar-refractivity contribution is 5.97. The molecule has 3 aromatic rings. The Balaban J connectivity index is 1.17. The summed E-state index contributed by atoms with van der Waals surface area (Å²) in [6.45, 7) is 1.93. The number of nitrogens with zero attached hydrogens (tertiary/aromatic N) is 4. The summed E-state index contributed by atoms with van der Waals surface area (Å²) < 4.78 is 5.83. The number of piperidine rings is 1. The summed E-state index contributed by atoms with van der Waals surface area (Å²) in [5.74, 6) is 2.13. The second kappa shape index (κ2) is 9.91. The van der Waals surface area contributed by atoms with Gasteiger partial charge in [0, 0.05) is 44.1 Å². The van der Waals surface area contributed by atoms with Gasteiger partial charge in [0.2, 0.25) is 11.8 Å². The maximum Gasteiger partial charge on any atom is 0.229 e. The van der Waals surface area contributed by atoms with Gasteiger partial charge in [-0.2, -0.15) is 0 Å². The molecule has 2 fully saturated rings. The van der Waals surface area contributed by atoms with Gasteiger partial charge in [-0.25, -0.2) is 4.98 Å². The molecule has 2 aliphatic heterocycles. The number of rotatable bonds is 6. The third-order valence-corrected chi connectivity index (χ3v) is 6.26. The van der Waals surface area contributed by atoms with Crippen molar-refractivity contribution in [1.82, 2.24) is 15.3 Å². The maximum atomic E-state index is 13.0. The Kier molecular flexibility index (Phi) is 6.38. The number of carbonyl (C=O) groups is 2. The highest BCUT2D eigenvalue weighted by Gasteiger charge is 2.34. The van der Waals surface area contributed by atoms with Crippen LogP contribution in [0, 0.1) is 5.92 Å². The third kappa shape index (κ3) is 5.01. The van der Waals surface area contributed by atoms with E-state index >= 15 is 0 Å². The Morgan fingerprint density at radius 1 is 1.00 bits per heavy atom. The van der Waals surface area contributed by atoms with Crippen LogP contribution in [0.1, 0.15) is 19.3 Å². The van der Waals surface area contributed by atoms with Crippen molar-refractivity contribution in [2.45, 2.75) is 25.3 Å². The molecular formula is C26H27N5O3. The first-order chi connectivity index (χ1) is 16.7. The molecule has 1 aromatic heterocycles. The van der Waals surface area contributed by atoms with Crippen molar-refractivity contribution < 1.29 is 14.3 Å². The van der Waals surface area contributed by atoms with Crippen LogP contribution in [0.15, 0.2) is 73.2 Å². The largest absolute Gasteiger partial charge is 0.457 e. The number of amides is 2. The number of ether oxygens (including phenoxy) is 1. The maximum absolute atomic E-state index is 13.0. The molecular weight excluding hydrogens is 430 g/mol. The molecule has 0 saturated carbocycles. The van der Waals surface area contributed by atoms with E-state index in [0.29, 0.717) is 25.3 Å². The highest BCUT2D eigenvalue weighted by Crippen LogP contribution is 2.27. The molecule has 2 saturated heterocycles. The quantitative estimate of drug-likeness (QED) is 0.610. The van der Waals surface area contributed by atoms with E-state index in [1.165, 1.54) is 0 Å². The van der Waals surface area contributed by atoms with Crippen molar-refractivity contribution in [2.75, 3.05) is 29.4 Å². The van der Waals surface area contributed by atoms with Gasteiger partial charge in [0.05, 0.1) is 18.2 Å². The number of hydrogen-bond donors (Lipinski definition) is 1. The van der Waals surface area contributed by atoms with Crippen LogP contribution in [0.2, 0.25) is 0 Å². The Morgan fingerprint density at radius 3 is 2.56 bits per heavy atom. The molecule has 0 radical (unpaired) electrons. The van der Waals surface area contributed by atoms with E-state index in [4.69, 9.17) is 4.74 Å². The predicted octanol–water partition coefficient (Wildman–Crippen LogP) is 3.41. The topological polar surface area (TPSA) is 87.7 Å². The summed E-state index contributed by atoms with van der Waals surface area (Å²) in [5.41, 5.74) is 0.800. The van der Waals surface area contributed by atoms with Crippen molar-refractivity contribution in [1.29, 1.82) is 0 Å². The lowest BCUT2D eigenvalue weighted by atomic mass is 9.96. The molecule has 174 valence electrons. The van der Waals surface area contributed by atoms with E-state index in [1.807, 2.05) is 54.6 Å². The molecule has 0 bridgehead atoms. The molecule has 2 aromatic carbocycles. The van der Waals surface area contributed by atoms with E-state index < -0.39 is 0 Å². The average molecular weight is 458 g/mol. The van der Waals surface area contributed by atoms with Crippen molar-refractivity contribution in [2.24, 2.45) is 5.92 Å². The van der Waals surface area contributed by atoms with Crippen molar-refractivity contribution >= 4 is 23.3 Å². The first-order valence-electron chi connectivity index (χ1n) is 11.6. The highest BCUT2D eigenvalue weighted by atomic mass is 16.5. The third-order valence-electron chi connectivity index (χ3n) is 6.26. The Morgan fingerprint density at radius 2 is 1.79 bits per heavy atom. The summed E-state index contributed by atoms with van der Waals surface area (Å²) in [6, 6.07) is 16.8. The number of hydrogen-bond acceptors (Lipinski definition) is 6. The van der Waals surface area contributed by atoms with Gasteiger partial charge in [0.1, 0.15) is 17.3 Å². The predicted molar refractivity (Wildman–Crippen MR) is 129 cm³/mol. The Bertz CT molecular complexity index is 1120. The summed E-state index contributed by atoms with van der Waals surface area (Å²) in [6.07, 6.45) is 7.08. The molecule has 0 aliphatic carbocycles. The van der Waals surface area contributed by atoms with Crippen LogP contribution >= 0.6 is 0 Å². The normalized spacial score (nSPS) is 20.3. The van der Waals surface area contributed by atoms with Gasteiger partial charge in [-0.05, 0) is 49.2 Å². The summed E-state index contributed by atoms with van der Waals surface area (Å²) in [5, 5.41) is 3.11. The van der Waals surface area contributed by atoms with Gasteiger partial charge in [-0.15, -0.1) is 0 Å². The van der Waals surface area contributed by atoms with Gasteiger partial charge in [-0.1, -0.05) is 18.2 Å². The molecule has 3 heterocycles. The fraction of sp³-hybridized carbons (Fsp3) is 0.308. The molecule has 5 rings (SSSR count). The zero-order valence-corrected chi connectivity index (χ0v) is 18.8. The molecule has 2 atom stereocenters. The van der Waals surface area contributed by atoms with Crippen LogP contribution in [-0.2, 0) is 9.59 Å². The van der Waals surface area contributed by atoms with Gasteiger partial charge >= 0.3 is 0 Å². The van der Waals surface area contributed by atoms with Crippen LogP contribution in [0.3, 0.4) is 0 Å². The zero-order chi connectivity index (χ0) is 23.3. The van der Waals surface area contributed by atoms with E-state index in [2.05, 4.69) is 20.2 Å². The van der Waals surface area contributed by atoms with E-state index in [-0.39, 0.29) is 23.8 Å². The van der Waals surface area contributed by atoms with Crippen LogP contribution in [-0.4, -0.2) is 47.5 Å². The van der Waals surface area contributed by atoms with E-state index in [1.54, 1.807) is 23.5 Å². The molecule has 2 aliphatic rings. The van der Waals surface area contributed by atoms with Crippen LogP contribution in [0.5, 0.6) is 11.5 Å². The molecule has 2 amide bonds. The smallest absolute Gasteiger partial charge is 0.229 e. The monoisotopic (exact) mass is 457 g/mol. The minimum atomic E-state index is -0.202. The molecule has 8 nitrogen and oxygen atoms in total. The molecule has 0 spiro atoms. The van der Waals surface area contributed by atoms with Crippen LogP contribution in [0.4, 0.5) is 11.5 Å². The standard InChI is InChI=1S/C26H27N5O3/c32-25-15-20(29-26(33)19-5-4-14-30(17-19)24-16-27-12-13-28-24)18-31(25)21-8-10-23(11-9-21)34-22-6-2-1-3-7-22/h1-3,6-13,16,19-20H,4-5,14-15,17-18H2,(H,29,33). The SMILES string of the molecule is O=C(NC1CC(=O)N(c2ccc(Oc3ccccc3)cc2)C1)C1CCCN(c2cnccn2)C1. The first-order valence-corrected chi connectivity index (χ1v) is 11.6. The lowest BCUT2D eigenvalue weighted by Gasteiger charge is -2.33. The van der Waals surface area contributed by atoms with E-state index in [0.717, 1.165) is 36.6 Å². The Hall–Kier alpha value is -3.94. The lowest BCUT2D eigenvalue weighted by Crippen LogP contribution is -2.46. The fourth-order valence-corrected chi connectivity index (χ4v) is 4.55. The number of carbonyl (C=O) groups excluding carboxylic acids is 2. The second-order valence-electron chi connectivity index (χ2n) is 8.67. The number of aromatic nitrogens is 2. The first kappa shape index (κ1) is 21.9. The number of benzene rings is 2. The Labute approximate surface area is 198 Å². The summed E-state index contributed by atoms with van der Waals surface area (Å²) in [7, 11) is 0. The molecule has 8 heteroatoms. The van der Waals surface area contributed by atoms with Crippen molar-refractivity contribution in [3.05, 3.63) is 73.2 Å².